The van der Waals surface area contributed by atoms with Crippen molar-refractivity contribution < 1.29 is 0 Å². The predicted octanol–water partition coefficient (Wildman–Crippen LogP) is 5.17. The van der Waals surface area contributed by atoms with Crippen LogP contribution >= 0.6 is 0 Å². The summed E-state index contributed by atoms with van der Waals surface area (Å²) in [6, 6.07) is 7.94. The second kappa shape index (κ2) is 4.84. The van der Waals surface area contributed by atoms with Gasteiger partial charge in [0.2, 0.25) is 0 Å². The van der Waals surface area contributed by atoms with Gasteiger partial charge in [0.05, 0.1) is 0 Å². The fraction of sp³-hybridized carbons (Fsp3) is 0.700. The standard InChI is InChI=1S/C20H31N/c1-13-7-8-17(14(2)11-13)15(3)21-18-19(4,5)16-9-10-20(18,6)12-16/h7-8,11,15-16,18,21H,9-10,12H2,1-6H3. The molecule has 0 aliphatic heterocycles. The van der Waals surface area contributed by atoms with Crippen LogP contribution in [-0.4, -0.2) is 6.04 Å². The number of hydrogen-bond acceptors (Lipinski definition) is 1. The summed E-state index contributed by atoms with van der Waals surface area (Å²) in [7, 11) is 0. The smallest absolute Gasteiger partial charge is 0.0297 e. The van der Waals surface area contributed by atoms with E-state index >= 15 is 0 Å². The molecule has 0 radical (unpaired) electrons. The summed E-state index contributed by atoms with van der Waals surface area (Å²) in [6.07, 6.45) is 4.25. The van der Waals surface area contributed by atoms with Gasteiger partial charge in [0.1, 0.15) is 0 Å². The quantitative estimate of drug-likeness (QED) is 0.808. The molecule has 2 bridgehead atoms. The van der Waals surface area contributed by atoms with Gasteiger partial charge < -0.3 is 5.32 Å². The second-order valence-electron chi connectivity index (χ2n) is 8.60. The maximum atomic E-state index is 4.02. The van der Waals surface area contributed by atoms with Gasteiger partial charge in [-0.3, -0.25) is 0 Å². The lowest BCUT2D eigenvalue weighted by Crippen LogP contribution is -2.51. The second-order valence-corrected chi connectivity index (χ2v) is 8.60. The first-order valence-corrected chi connectivity index (χ1v) is 8.57. The number of rotatable bonds is 3. The van der Waals surface area contributed by atoms with Crippen LogP contribution in [0.1, 0.15) is 69.7 Å². The number of benzene rings is 1. The largest absolute Gasteiger partial charge is 0.306 e. The first-order valence-electron chi connectivity index (χ1n) is 8.57. The SMILES string of the molecule is Cc1ccc(C(C)NC2C3(C)CCC(C3)C2(C)C)c(C)c1. The molecule has 21 heavy (non-hydrogen) atoms. The van der Waals surface area contributed by atoms with E-state index in [1.165, 1.54) is 36.0 Å². The van der Waals surface area contributed by atoms with Gasteiger partial charge in [-0.05, 0) is 67.9 Å². The molecule has 1 aromatic rings. The van der Waals surface area contributed by atoms with Crippen molar-refractivity contribution in [3.8, 4) is 0 Å². The maximum Gasteiger partial charge on any atom is 0.0297 e. The molecule has 0 spiro atoms. The van der Waals surface area contributed by atoms with Crippen LogP contribution in [-0.2, 0) is 0 Å². The van der Waals surface area contributed by atoms with E-state index in [-0.39, 0.29) is 0 Å². The average Bonchev–Trinajstić information content (AvgIpc) is 2.85. The summed E-state index contributed by atoms with van der Waals surface area (Å²) < 4.78 is 0. The zero-order valence-corrected chi connectivity index (χ0v) is 14.6. The van der Waals surface area contributed by atoms with Crippen molar-refractivity contribution in [3.05, 3.63) is 34.9 Å². The van der Waals surface area contributed by atoms with Gasteiger partial charge >= 0.3 is 0 Å². The van der Waals surface area contributed by atoms with Crippen molar-refractivity contribution in [1.82, 2.24) is 5.32 Å². The number of fused-ring (bicyclic) bond motifs is 2. The van der Waals surface area contributed by atoms with E-state index in [1.54, 1.807) is 0 Å². The zero-order chi connectivity index (χ0) is 15.4. The minimum absolute atomic E-state index is 0.430. The lowest BCUT2D eigenvalue weighted by atomic mass is 9.68. The lowest BCUT2D eigenvalue weighted by Gasteiger charge is -2.45. The Bertz CT molecular complexity index is 540. The molecule has 3 rings (SSSR count). The molecule has 0 heterocycles. The van der Waals surface area contributed by atoms with Crippen LogP contribution in [0.4, 0.5) is 0 Å². The van der Waals surface area contributed by atoms with Gasteiger partial charge in [-0.25, -0.2) is 0 Å². The third kappa shape index (κ3) is 2.34. The third-order valence-electron chi connectivity index (χ3n) is 6.58. The van der Waals surface area contributed by atoms with Crippen molar-refractivity contribution in [2.24, 2.45) is 16.7 Å². The summed E-state index contributed by atoms with van der Waals surface area (Å²) in [5.74, 6) is 0.909. The van der Waals surface area contributed by atoms with Crippen LogP contribution < -0.4 is 5.32 Å². The molecule has 1 aromatic carbocycles. The molecule has 2 aliphatic rings. The Morgan fingerprint density at radius 1 is 1.19 bits per heavy atom. The normalized spacial score (nSPS) is 35.1. The zero-order valence-electron chi connectivity index (χ0n) is 14.6. The Morgan fingerprint density at radius 3 is 2.48 bits per heavy atom. The van der Waals surface area contributed by atoms with E-state index in [9.17, 15) is 0 Å². The number of hydrogen-bond donors (Lipinski definition) is 1. The Morgan fingerprint density at radius 2 is 1.90 bits per heavy atom. The topological polar surface area (TPSA) is 12.0 Å². The maximum absolute atomic E-state index is 4.02. The molecule has 4 unspecified atom stereocenters. The highest BCUT2D eigenvalue weighted by Crippen LogP contribution is 2.62. The molecule has 0 aromatic heterocycles. The van der Waals surface area contributed by atoms with Gasteiger partial charge in [0, 0.05) is 12.1 Å². The molecule has 4 atom stereocenters. The molecule has 0 amide bonds. The Labute approximate surface area is 130 Å². The Balaban J connectivity index is 1.83. The molecule has 2 aliphatic carbocycles. The molecule has 2 fully saturated rings. The average molecular weight is 285 g/mol. The molecule has 1 nitrogen and oxygen atoms in total. The molecule has 1 N–H and O–H groups in total. The van der Waals surface area contributed by atoms with Gasteiger partial charge in [0.25, 0.3) is 0 Å². The minimum Gasteiger partial charge on any atom is -0.306 e. The summed E-state index contributed by atoms with van der Waals surface area (Å²) in [5.41, 5.74) is 5.17. The number of aryl methyl sites for hydroxylation is 2. The monoisotopic (exact) mass is 285 g/mol. The molecule has 1 heteroatoms. The Kier molecular flexibility index (Phi) is 3.48. The van der Waals surface area contributed by atoms with E-state index in [2.05, 4.69) is 65.1 Å². The van der Waals surface area contributed by atoms with Crippen molar-refractivity contribution in [1.29, 1.82) is 0 Å². The van der Waals surface area contributed by atoms with Crippen LogP contribution in [0.25, 0.3) is 0 Å². The Hall–Kier alpha value is -0.820. The molecule has 0 saturated heterocycles. The van der Waals surface area contributed by atoms with Crippen LogP contribution in [0.2, 0.25) is 0 Å². The van der Waals surface area contributed by atoms with Gasteiger partial charge in [-0.2, -0.15) is 0 Å². The molecular formula is C20H31N. The van der Waals surface area contributed by atoms with Crippen LogP contribution in [0, 0.1) is 30.6 Å². The van der Waals surface area contributed by atoms with Crippen LogP contribution in [0.5, 0.6) is 0 Å². The van der Waals surface area contributed by atoms with Gasteiger partial charge in [-0.15, -0.1) is 0 Å². The first kappa shape index (κ1) is 15.1. The van der Waals surface area contributed by atoms with E-state index in [1.807, 2.05) is 0 Å². The highest BCUT2D eigenvalue weighted by Gasteiger charge is 2.59. The summed E-state index contributed by atoms with van der Waals surface area (Å²) >= 11 is 0. The fourth-order valence-corrected chi connectivity index (χ4v) is 5.37. The van der Waals surface area contributed by atoms with E-state index in [0.29, 0.717) is 22.9 Å². The predicted molar refractivity (Wildman–Crippen MR) is 90.5 cm³/mol. The van der Waals surface area contributed by atoms with Crippen LogP contribution in [0.3, 0.4) is 0 Å². The molecule has 116 valence electrons. The number of nitrogens with one attached hydrogen (secondary N) is 1. The summed E-state index contributed by atoms with van der Waals surface area (Å²) in [4.78, 5) is 0. The van der Waals surface area contributed by atoms with E-state index < -0.39 is 0 Å². The molecule has 2 saturated carbocycles. The summed E-state index contributed by atoms with van der Waals surface area (Å²) in [5, 5.41) is 4.02. The van der Waals surface area contributed by atoms with E-state index in [4.69, 9.17) is 0 Å². The van der Waals surface area contributed by atoms with Crippen LogP contribution in [0.15, 0.2) is 18.2 Å². The first-order chi connectivity index (χ1) is 9.74. The van der Waals surface area contributed by atoms with Gasteiger partial charge in [-0.1, -0.05) is 44.5 Å². The van der Waals surface area contributed by atoms with Gasteiger partial charge in [0.15, 0.2) is 0 Å². The van der Waals surface area contributed by atoms with Crippen molar-refractivity contribution in [3.63, 3.8) is 0 Å². The molecular weight excluding hydrogens is 254 g/mol. The highest BCUT2D eigenvalue weighted by molar-refractivity contribution is 5.33. The minimum atomic E-state index is 0.430. The van der Waals surface area contributed by atoms with E-state index in [0.717, 1.165) is 5.92 Å². The highest BCUT2D eigenvalue weighted by atomic mass is 15.0. The van der Waals surface area contributed by atoms with Crippen molar-refractivity contribution in [2.45, 2.75) is 72.9 Å². The van der Waals surface area contributed by atoms with Crippen molar-refractivity contribution >= 4 is 0 Å². The summed E-state index contributed by atoms with van der Waals surface area (Å²) in [6.45, 7) is 14.2. The lowest BCUT2D eigenvalue weighted by molar-refractivity contribution is 0.100. The van der Waals surface area contributed by atoms with Crippen molar-refractivity contribution in [2.75, 3.05) is 0 Å². The third-order valence-corrected chi connectivity index (χ3v) is 6.58. The fourth-order valence-electron chi connectivity index (χ4n) is 5.37.